The van der Waals surface area contributed by atoms with E-state index in [0.29, 0.717) is 11.3 Å². The third kappa shape index (κ3) is 3.32. The van der Waals surface area contributed by atoms with Gasteiger partial charge in [0.2, 0.25) is 0 Å². The van der Waals surface area contributed by atoms with Crippen molar-refractivity contribution in [3.63, 3.8) is 0 Å². The highest BCUT2D eigenvalue weighted by Crippen LogP contribution is 2.17. The molecule has 0 bridgehead atoms. The Hall–Kier alpha value is -2.35. The number of fused-ring (bicyclic) bond motifs is 1. The van der Waals surface area contributed by atoms with Gasteiger partial charge in [-0.15, -0.1) is 0 Å². The monoisotopic (exact) mass is 253 g/mol. The summed E-state index contributed by atoms with van der Waals surface area (Å²) in [7, 11) is 0. The Morgan fingerprint density at radius 3 is 2.37 bits per heavy atom. The van der Waals surface area contributed by atoms with Crippen LogP contribution in [0.25, 0.3) is 6.08 Å². The van der Waals surface area contributed by atoms with Gasteiger partial charge in [-0.1, -0.05) is 63.4 Å². The number of hydrogen-bond donors (Lipinski definition) is 1. The molecule has 0 saturated heterocycles. The minimum atomic E-state index is -0.126. The molecule has 1 heterocycles. The summed E-state index contributed by atoms with van der Waals surface area (Å²) in [6.07, 6.45) is 7.14. The van der Waals surface area contributed by atoms with Crippen molar-refractivity contribution >= 4 is 12.0 Å². The summed E-state index contributed by atoms with van der Waals surface area (Å²) in [5, 5.41) is 2.83. The van der Waals surface area contributed by atoms with Crippen molar-refractivity contribution in [2.24, 2.45) is 0 Å². The fraction of sp³-hybridized carbons (Fsp3) is 0.118. The highest BCUT2D eigenvalue weighted by molar-refractivity contribution is 5.99. The third-order valence-corrected chi connectivity index (χ3v) is 2.63. The lowest BCUT2D eigenvalue weighted by Gasteiger charge is -2.13. The van der Waals surface area contributed by atoms with E-state index in [0.717, 1.165) is 11.1 Å². The van der Waals surface area contributed by atoms with Gasteiger partial charge in [0.1, 0.15) is 0 Å². The molecule has 0 aromatic heterocycles. The van der Waals surface area contributed by atoms with Crippen LogP contribution in [0, 0.1) is 0 Å². The van der Waals surface area contributed by atoms with Gasteiger partial charge in [0, 0.05) is 11.3 Å². The minimum absolute atomic E-state index is 0.126. The number of allylic oxidation sites excluding steroid dienone is 4. The smallest absolute Gasteiger partial charge is 0.256 e. The first-order chi connectivity index (χ1) is 9.26. The van der Waals surface area contributed by atoms with E-state index in [1.807, 2.05) is 44.2 Å². The van der Waals surface area contributed by atoms with Crippen LogP contribution >= 0.6 is 0 Å². The summed E-state index contributed by atoms with van der Waals surface area (Å²) in [4.78, 5) is 12.0. The van der Waals surface area contributed by atoms with E-state index < -0.39 is 0 Å². The predicted octanol–water partition coefficient (Wildman–Crippen LogP) is 4.10. The van der Waals surface area contributed by atoms with Crippen LogP contribution in [-0.4, -0.2) is 5.91 Å². The Kier molecular flexibility index (Phi) is 5.55. The SMILES string of the molecule is C=CC1=C(\C=C)NC(=O)c2ccccc2/C=C\1.CC. The molecule has 0 saturated carbocycles. The Bertz CT molecular complexity index is 550. The molecule has 2 heteroatoms. The van der Waals surface area contributed by atoms with Crippen molar-refractivity contribution in [2.45, 2.75) is 13.8 Å². The molecule has 0 atom stereocenters. The lowest BCUT2D eigenvalue weighted by molar-refractivity contribution is 0.0966. The molecule has 1 aromatic carbocycles. The van der Waals surface area contributed by atoms with Gasteiger partial charge < -0.3 is 5.32 Å². The van der Waals surface area contributed by atoms with Crippen LogP contribution < -0.4 is 5.32 Å². The largest absolute Gasteiger partial charge is 0.321 e. The van der Waals surface area contributed by atoms with E-state index in [1.165, 1.54) is 0 Å². The molecule has 0 aliphatic carbocycles. The highest BCUT2D eigenvalue weighted by Gasteiger charge is 2.13. The van der Waals surface area contributed by atoms with Crippen molar-refractivity contribution in [3.8, 4) is 0 Å². The number of carbonyl (C=O) groups is 1. The van der Waals surface area contributed by atoms with Gasteiger partial charge in [0.25, 0.3) is 5.91 Å². The molecule has 2 rings (SSSR count). The molecule has 1 aliphatic rings. The zero-order valence-corrected chi connectivity index (χ0v) is 11.4. The maximum Gasteiger partial charge on any atom is 0.256 e. The molecule has 1 amide bonds. The van der Waals surface area contributed by atoms with Gasteiger partial charge in [0.05, 0.1) is 0 Å². The van der Waals surface area contributed by atoms with Crippen molar-refractivity contribution in [3.05, 3.63) is 78.0 Å². The maximum absolute atomic E-state index is 12.0. The molecule has 1 aliphatic heterocycles. The average Bonchev–Trinajstić information content (AvgIpc) is 2.47. The number of amides is 1. The fourth-order valence-corrected chi connectivity index (χ4v) is 1.73. The normalized spacial score (nSPS) is 18.7. The zero-order valence-electron chi connectivity index (χ0n) is 11.4. The van der Waals surface area contributed by atoms with Crippen LogP contribution in [0.3, 0.4) is 0 Å². The fourth-order valence-electron chi connectivity index (χ4n) is 1.73. The van der Waals surface area contributed by atoms with E-state index in [2.05, 4.69) is 18.5 Å². The number of carbonyl (C=O) groups excluding carboxylic acids is 1. The molecule has 0 unspecified atom stereocenters. The second kappa shape index (κ2) is 7.17. The molecule has 2 nitrogen and oxygen atoms in total. The second-order valence-electron chi connectivity index (χ2n) is 3.65. The van der Waals surface area contributed by atoms with Crippen LogP contribution in [0.2, 0.25) is 0 Å². The predicted molar refractivity (Wildman–Crippen MR) is 81.7 cm³/mol. The lowest BCUT2D eigenvalue weighted by Crippen LogP contribution is -2.24. The summed E-state index contributed by atoms with van der Waals surface area (Å²) >= 11 is 0. The summed E-state index contributed by atoms with van der Waals surface area (Å²) in [5.41, 5.74) is 3.08. The van der Waals surface area contributed by atoms with Crippen LogP contribution in [0.1, 0.15) is 29.8 Å². The lowest BCUT2D eigenvalue weighted by atomic mass is 10.0. The highest BCUT2D eigenvalue weighted by atomic mass is 16.1. The average molecular weight is 253 g/mol. The molecule has 0 fully saturated rings. The van der Waals surface area contributed by atoms with Gasteiger partial charge >= 0.3 is 0 Å². The van der Waals surface area contributed by atoms with E-state index in [4.69, 9.17) is 0 Å². The van der Waals surface area contributed by atoms with Crippen molar-refractivity contribution < 1.29 is 4.79 Å². The first kappa shape index (κ1) is 14.7. The van der Waals surface area contributed by atoms with Gasteiger partial charge in [-0.05, 0) is 23.3 Å². The van der Waals surface area contributed by atoms with E-state index >= 15 is 0 Å². The molecule has 0 radical (unpaired) electrons. The van der Waals surface area contributed by atoms with Crippen molar-refractivity contribution in [2.75, 3.05) is 0 Å². The van der Waals surface area contributed by atoms with Crippen LogP contribution in [0.15, 0.2) is 66.9 Å². The van der Waals surface area contributed by atoms with Gasteiger partial charge in [-0.2, -0.15) is 0 Å². The molecular weight excluding hydrogens is 234 g/mol. The topological polar surface area (TPSA) is 29.1 Å². The van der Waals surface area contributed by atoms with E-state index in [-0.39, 0.29) is 5.91 Å². The van der Waals surface area contributed by atoms with Gasteiger partial charge in [-0.3, -0.25) is 4.79 Å². The first-order valence-electron chi connectivity index (χ1n) is 6.34. The molecular formula is C17H19NO. The second-order valence-corrected chi connectivity index (χ2v) is 3.65. The number of nitrogens with one attached hydrogen (secondary N) is 1. The van der Waals surface area contributed by atoms with E-state index in [9.17, 15) is 4.79 Å². The summed E-state index contributed by atoms with van der Waals surface area (Å²) in [6, 6.07) is 7.46. The number of hydrogen-bond acceptors (Lipinski definition) is 1. The van der Waals surface area contributed by atoms with Gasteiger partial charge in [0.15, 0.2) is 0 Å². The van der Waals surface area contributed by atoms with Crippen molar-refractivity contribution in [1.29, 1.82) is 0 Å². The Labute approximate surface area is 114 Å². The maximum atomic E-state index is 12.0. The van der Waals surface area contributed by atoms with Crippen LogP contribution in [0.5, 0.6) is 0 Å². The Morgan fingerprint density at radius 2 is 1.74 bits per heavy atom. The summed E-state index contributed by atoms with van der Waals surface area (Å²) < 4.78 is 0. The molecule has 0 spiro atoms. The molecule has 1 aromatic rings. The third-order valence-electron chi connectivity index (χ3n) is 2.63. The molecule has 19 heavy (non-hydrogen) atoms. The number of rotatable bonds is 2. The Morgan fingerprint density at radius 1 is 1.05 bits per heavy atom. The van der Waals surface area contributed by atoms with Crippen LogP contribution in [0.4, 0.5) is 0 Å². The number of benzene rings is 1. The zero-order chi connectivity index (χ0) is 14.3. The van der Waals surface area contributed by atoms with Gasteiger partial charge in [-0.25, -0.2) is 0 Å². The summed E-state index contributed by atoms with van der Waals surface area (Å²) in [5.74, 6) is -0.126. The Balaban J connectivity index is 0.000000861. The van der Waals surface area contributed by atoms with Crippen molar-refractivity contribution in [1.82, 2.24) is 5.32 Å². The first-order valence-corrected chi connectivity index (χ1v) is 6.34. The minimum Gasteiger partial charge on any atom is -0.321 e. The van der Waals surface area contributed by atoms with E-state index in [1.54, 1.807) is 18.2 Å². The van der Waals surface area contributed by atoms with Crippen LogP contribution in [-0.2, 0) is 0 Å². The molecule has 98 valence electrons. The molecule has 1 N–H and O–H groups in total. The quantitative estimate of drug-likeness (QED) is 0.844. The standard InChI is InChI=1S/C15H13NO.C2H6/c1-3-11-9-10-12-7-5-6-8-13(12)15(17)16-14(11)4-2;1-2/h3-10H,1-2H2,(H,16,17);1-2H3. The summed E-state index contributed by atoms with van der Waals surface area (Å²) in [6.45, 7) is 11.4.